The summed E-state index contributed by atoms with van der Waals surface area (Å²) in [6, 6.07) is 7.51. The molecule has 1 aliphatic carbocycles. The monoisotopic (exact) mass is 366 g/mol. The minimum atomic E-state index is -3.38. The van der Waals surface area contributed by atoms with Gasteiger partial charge < -0.3 is 4.74 Å². The van der Waals surface area contributed by atoms with Crippen molar-refractivity contribution in [2.75, 3.05) is 6.67 Å². The lowest BCUT2D eigenvalue weighted by molar-refractivity contribution is -0.0592. The number of rotatable bonds is 6. The van der Waals surface area contributed by atoms with E-state index in [4.69, 9.17) is 9.94 Å². The Morgan fingerprint density at radius 3 is 2.58 bits per heavy atom. The third-order valence-electron chi connectivity index (χ3n) is 4.66. The van der Waals surface area contributed by atoms with Crippen LogP contribution in [0.25, 0.3) is 0 Å². The summed E-state index contributed by atoms with van der Waals surface area (Å²) in [5, 5.41) is 8.57. The van der Waals surface area contributed by atoms with E-state index in [0.29, 0.717) is 16.9 Å². The van der Waals surface area contributed by atoms with E-state index in [1.165, 1.54) is 29.9 Å². The molecule has 2 aromatic rings. The molecule has 26 heavy (non-hydrogen) atoms. The molecule has 1 heterocycles. The Morgan fingerprint density at radius 2 is 2.08 bits per heavy atom. The molecular formula is C18H17F3N2O3. The highest BCUT2D eigenvalue weighted by Gasteiger charge is 2.62. The van der Waals surface area contributed by atoms with Crippen LogP contribution in [-0.4, -0.2) is 28.7 Å². The maximum atomic E-state index is 13.9. The van der Waals surface area contributed by atoms with Gasteiger partial charge in [0.15, 0.2) is 6.67 Å². The third-order valence-corrected chi connectivity index (χ3v) is 4.66. The van der Waals surface area contributed by atoms with Crippen LogP contribution < -0.4 is 10.2 Å². The normalized spacial score (nSPS) is 15.4. The summed E-state index contributed by atoms with van der Waals surface area (Å²) in [7, 11) is 0. The van der Waals surface area contributed by atoms with Crippen molar-refractivity contribution in [2.24, 2.45) is 0 Å². The van der Waals surface area contributed by atoms with Crippen LogP contribution in [0.15, 0.2) is 36.5 Å². The summed E-state index contributed by atoms with van der Waals surface area (Å²) in [4.78, 5) is 15.2. The van der Waals surface area contributed by atoms with Crippen molar-refractivity contribution >= 4 is 5.91 Å². The Morgan fingerprint density at radius 1 is 1.35 bits per heavy atom. The van der Waals surface area contributed by atoms with Crippen LogP contribution in [0.5, 0.6) is 11.6 Å². The Hall–Kier alpha value is -2.61. The van der Waals surface area contributed by atoms with Crippen molar-refractivity contribution in [2.45, 2.75) is 31.1 Å². The Kier molecular flexibility index (Phi) is 4.62. The first-order chi connectivity index (χ1) is 12.3. The van der Waals surface area contributed by atoms with Crippen LogP contribution in [-0.2, 0) is 5.41 Å². The van der Waals surface area contributed by atoms with Crippen molar-refractivity contribution in [3.05, 3.63) is 53.2 Å². The van der Waals surface area contributed by atoms with Gasteiger partial charge in [-0.3, -0.25) is 10.0 Å². The standard InChI is InChI=1S/C18H17F3N2O3/c1-11-8-13(17(6-7-17)18(20,21)10-19)3-4-14(11)26-15-5-2-12(9-22-15)16(24)23-25/h2-5,8-9,25H,6-7,10H2,1H3,(H,23,24). The molecule has 0 aliphatic heterocycles. The van der Waals surface area contributed by atoms with E-state index in [9.17, 15) is 18.0 Å². The molecule has 1 aromatic carbocycles. The van der Waals surface area contributed by atoms with Gasteiger partial charge in [0.1, 0.15) is 5.75 Å². The summed E-state index contributed by atoms with van der Waals surface area (Å²) in [6.45, 7) is 0.0259. The topological polar surface area (TPSA) is 71.5 Å². The molecule has 1 saturated carbocycles. The van der Waals surface area contributed by atoms with Crippen molar-refractivity contribution in [3.63, 3.8) is 0 Å². The average Bonchev–Trinajstić information content (AvgIpc) is 3.46. The van der Waals surface area contributed by atoms with Crippen LogP contribution in [0.4, 0.5) is 13.2 Å². The lowest BCUT2D eigenvalue weighted by atomic mass is 9.88. The van der Waals surface area contributed by atoms with Gasteiger partial charge in [0.05, 0.1) is 11.0 Å². The zero-order valence-electron chi connectivity index (χ0n) is 13.9. The van der Waals surface area contributed by atoms with Gasteiger partial charge in [-0.25, -0.2) is 23.6 Å². The van der Waals surface area contributed by atoms with Gasteiger partial charge in [-0.15, -0.1) is 0 Å². The van der Waals surface area contributed by atoms with Gasteiger partial charge in [-0.1, -0.05) is 12.1 Å². The number of alkyl halides is 3. The number of benzene rings is 1. The molecule has 0 atom stereocenters. The average molecular weight is 366 g/mol. The minimum Gasteiger partial charge on any atom is -0.439 e. The fourth-order valence-corrected chi connectivity index (χ4v) is 2.93. The first-order valence-corrected chi connectivity index (χ1v) is 7.96. The number of hydrogen-bond donors (Lipinski definition) is 2. The highest BCUT2D eigenvalue weighted by atomic mass is 19.3. The molecule has 0 spiro atoms. The van der Waals surface area contributed by atoms with Crippen LogP contribution >= 0.6 is 0 Å². The molecule has 2 N–H and O–H groups in total. The van der Waals surface area contributed by atoms with Crippen molar-refractivity contribution < 1.29 is 27.9 Å². The van der Waals surface area contributed by atoms with E-state index < -0.39 is 23.9 Å². The number of hydrogen-bond acceptors (Lipinski definition) is 4. The predicted octanol–water partition coefficient (Wildman–Crippen LogP) is 3.94. The minimum absolute atomic E-state index is 0.149. The van der Waals surface area contributed by atoms with Gasteiger partial charge in [-0.2, -0.15) is 0 Å². The number of aryl methyl sites for hydroxylation is 1. The number of nitrogens with zero attached hydrogens (tertiary/aromatic N) is 1. The molecule has 5 nitrogen and oxygen atoms in total. The Labute approximate surface area is 147 Å². The van der Waals surface area contributed by atoms with Gasteiger partial charge in [-0.05, 0) is 43.0 Å². The molecule has 1 aliphatic rings. The fourth-order valence-electron chi connectivity index (χ4n) is 2.93. The van der Waals surface area contributed by atoms with Crippen LogP contribution in [0.2, 0.25) is 0 Å². The second-order valence-corrected chi connectivity index (χ2v) is 6.33. The molecule has 8 heteroatoms. The molecule has 1 amide bonds. The highest BCUT2D eigenvalue weighted by Crippen LogP contribution is 2.58. The number of nitrogens with one attached hydrogen (secondary N) is 1. The second kappa shape index (κ2) is 6.60. The summed E-state index contributed by atoms with van der Waals surface area (Å²) < 4.78 is 46.2. The number of halogens is 3. The summed E-state index contributed by atoms with van der Waals surface area (Å²) >= 11 is 0. The predicted molar refractivity (Wildman–Crippen MR) is 86.6 cm³/mol. The SMILES string of the molecule is Cc1cc(C2(C(F)(F)CF)CC2)ccc1Oc1ccc(C(=O)NO)cn1. The first kappa shape index (κ1) is 18.2. The second-order valence-electron chi connectivity index (χ2n) is 6.33. The summed E-state index contributed by atoms with van der Waals surface area (Å²) in [5.41, 5.74) is 1.23. The van der Waals surface area contributed by atoms with Crippen LogP contribution in [0, 0.1) is 6.92 Å². The Balaban J connectivity index is 1.80. The molecule has 0 radical (unpaired) electrons. The smallest absolute Gasteiger partial charge is 0.285 e. The van der Waals surface area contributed by atoms with Crippen molar-refractivity contribution in [1.29, 1.82) is 0 Å². The number of amides is 1. The molecule has 0 unspecified atom stereocenters. The maximum Gasteiger partial charge on any atom is 0.285 e. The van der Waals surface area contributed by atoms with Crippen LogP contribution in [0.1, 0.15) is 34.3 Å². The lowest BCUT2D eigenvalue weighted by Crippen LogP contribution is -2.35. The number of carbonyl (C=O) groups excluding carboxylic acids is 1. The molecule has 1 fully saturated rings. The van der Waals surface area contributed by atoms with Crippen molar-refractivity contribution in [3.8, 4) is 11.6 Å². The lowest BCUT2D eigenvalue weighted by Gasteiger charge is -2.25. The first-order valence-electron chi connectivity index (χ1n) is 7.96. The van der Waals surface area contributed by atoms with E-state index in [-0.39, 0.29) is 24.3 Å². The number of carbonyl (C=O) groups is 1. The molecule has 3 rings (SSSR count). The van der Waals surface area contributed by atoms with E-state index in [1.54, 1.807) is 19.1 Å². The largest absolute Gasteiger partial charge is 0.439 e. The number of ether oxygens (including phenoxy) is 1. The summed E-state index contributed by atoms with van der Waals surface area (Å²) in [6.07, 6.45) is 1.73. The summed E-state index contributed by atoms with van der Waals surface area (Å²) in [5.74, 6) is -3.47. The number of aromatic nitrogens is 1. The zero-order chi connectivity index (χ0) is 18.9. The van der Waals surface area contributed by atoms with E-state index in [1.807, 2.05) is 0 Å². The molecule has 0 bridgehead atoms. The third kappa shape index (κ3) is 3.12. The van der Waals surface area contributed by atoms with Gasteiger partial charge in [0.25, 0.3) is 11.8 Å². The van der Waals surface area contributed by atoms with E-state index >= 15 is 0 Å². The maximum absolute atomic E-state index is 13.9. The van der Waals surface area contributed by atoms with E-state index in [0.717, 1.165) is 0 Å². The molecule has 0 saturated heterocycles. The zero-order valence-corrected chi connectivity index (χ0v) is 13.9. The molecular weight excluding hydrogens is 349 g/mol. The number of hydroxylamine groups is 1. The van der Waals surface area contributed by atoms with Crippen molar-refractivity contribution in [1.82, 2.24) is 10.5 Å². The highest BCUT2D eigenvalue weighted by molar-refractivity contribution is 5.92. The molecule has 1 aromatic heterocycles. The van der Waals surface area contributed by atoms with Gasteiger partial charge >= 0.3 is 0 Å². The quantitative estimate of drug-likeness (QED) is 0.600. The van der Waals surface area contributed by atoms with E-state index in [2.05, 4.69) is 4.98 Å². The Bertz CT molecular complexity index is 821. The van der Waals surface area contributed by atoms with Crippen LogP contribution in [0.3, 0.4) is 0 Å². The molecule has 138 valence electrons. The van der Waals surface area contributed by atoms with Gasteiger partial charge in [0.2, 0.25) is 5.88 Å². The van der Waals surface area contributed by atoms with Gasteiger partial charge in [0, 0.05) is 12.3 Å². The number of pyridine rings is 1. The fraction of sp³-hybridized carbons (Fsp3) is 0.333.